The number of amides is 2. The molecule has 0 N–H and O–H groups in total. The summed E-state index contributed by atoms with van der Waals surface area (Å²) in [5, 5.41) is 2.47. The van der Waals surface area contributed by atoms with Crippen LogP contribution in [0.4, 0.5) is 8.78 Å². The van der Waals surface area contributed by atoms with Gasteiger partial charge < -0.3 is 4.90 Å². The van der Waals surface area contributed by atoms with E-state index in [1.807, 2.05) is 18.2 Å². The molecule has 5 aromatic rings. The van der Waals surface area contributed by atoms with Crippen LogP contribution in [0.3, 0.4) is 0 Å². The number of nitrogens with zero attached hydrogens (tertiary/aromatic N) is 4. The fourth-order valence-corrected chi connectivity index (χ4v) is 4.95. The second kappa shape index (κ2) is 13.2. The van der Waals surface area contributed by atoms with Gasteiger partial charge in [-0.1, -0.05) is 36.4 Å². The molecule has 0 aliphatic carbocycles. The molecule has 0 aliphatic heterocycles. The minimum atomic E-state index is -0.716. The van der Waals surface area contributed by atoms with Crippen molar-refractivity contribution in [2.75, 3.05) is 7.05 Å². The number of fused-ring (bicyclic) bond motifs is 1. The van der Waals surface area contributed by atoms with Crippen LogP contribution in [0.5, 0.6) is 0 Å². The zero-order valence-corrected chi connectivity index (χ0v) is 23.5. The number of rotatable bonds is 10. The number of carbonyl (C=O) groups excluding carboxylic acids is 2. The van der Waals surface area contributed by atoms with Crippen LogP contribution >= 0.6 is 0 Å². The quantitative estimate of drug-likeness (QED) is 0.169. The topological polar surface area (TPSA) is 92.6 Å². The van der Waals surface area contributed by atoms with Crippen molar-refractivity contribution in [3.63, 3.8) is 0 Å². The van der Waals surface area contributed by atoms with Crippen LogP contribution in [-0.4, -0.2) is 33.7 Å². The first-order chi connectivity index (χ1) is 20.8. The smallest absolute Gasteiger partial charge is 0.290 e. The summed E-state index contributed by atoms with van der Waals surface area (Å²) < 4.78 is 27.0. The zero-order valence-electron chi connectivity index (χ0n) is 23.5. The predicted octanol–water partition coefficient (Wildman–Crippen LogP) is 6.86. The first-order valence-corrected chi connectivity index (χ1v) is 13.8. The molecule has 4 aromatic carbocycles. The van der Waals surface area contributed by atoms with Crippen molar-refractivity contribution >= 4 is 22.8 Å². The molecule has 0 unspecified atom stereocenters. The van der Waals surface area contributed by atoms with Crippen LogP contribution in [0.2, 0.25) is 0 Å². The molecule has 216 valence electrons. The van der Waals surface area contributed by atoms with Gasteiger partial charge in [0.2, 0.25) is 0 Å². The van der Waals surface area contributed by atoms with Gasteiger partial charge in [-0.2, -0.15) is 0 Å². The highest BCUT2D eigenvalue weighted by Gasteiger charge is 2.16. The Labute approximate surface area is 247 Å². The summed E-state index contributed by atoms with van der Waals surface area (Å²) in [4.78, 5) is 46.5. The summed E-state index contributed by atoms with van der Waals surface area (Å²) in [5.74, 6) is -1.61. The molecule has 1 heterocycles. The lowest BCUT2D eigenvalue weighted by Crippen LogP contribution is -2.26. The first-order valence-electron chi connectivity index (χ1n) is 13.8. The van der Waals surface area contributed by atoms with E-state index in [1.54, 1.807) is 60.5 Å². The van der Waals surface area contributed by atoms with Gasteiger partial charge in [-0.15, -0.1) is 4.91 Å². The highest BCUT2D eigenvalue weighted by atomic mass is 19.1. The Morgan fingerprint density at radius 1 is 0.767 bits per heavy atom. The van der Waals surface area contributed by atoms with Gasteiger partial charge >= 0.3 is 0 Å². The normalized spacial score (nSPS) is 11.0. The molecule has 0 atom stereocenters. The fourth-order valence-electron chi connectivity index (χ4n) is 4.95. The van der Waals surface area contributed by atoms with Gasteiger partial charge in [0.05, 0.1) is 28.8 Å². The molecular formula is C34H28F2N4O3. The SMILES string of the molecule is CN(Cc1ccc(F)cc1)C(=O)c1ccc2nc(-c3ccc(F)cc3)c(CCCc3cccc(CC(=O)N=O)c3)nc2c1. The average molecular weight is 579 g/mol. The Hall–Kier alpha value is -5.18. The molecule has 0 radical (unpaired) electrons. The summed E-state index contributed by atoms with van der Waals surface area (Å²) >= 11 is 0. The van der Waals surface area contributed by atoms with Crippen molar-refractivity contribution in [2.24, 2.45) is 5.18 Å². The molecule has 5 rings (SSSR count). The summed E-state index contributed by atoms with van der Waals surface area (Å²) in [6.07, 6.45) is 1.91. The molecule has 0 spiro atoms. The lowest BCUT2D eigenvalue weighted by atomic mass is 10.0. The first kappa shape index (κ1) is 29.3. The van der Waals surface area contributed by atoms with Gasteiger partial charge in [0, 0.05) is 29.9 Å². The van der Waals surface area contributed by atoms with Crippen LogP contribution in [0.1, 0.15) is 39.2 Å². The second-order valence-electron chi connectivity index (χ2n) is 10.4. The van der Waals surface area contributed by atoms with E-state index in [2.05, 4.69) is 5.18 Å². The number of aryl methyl sites for hydroxylation is 2. The average Bonchev–Trinajstić information content (AvgIpc) is 3.01. The molecule has 0 saturated carbocycles. The van der Waals surface area contributed by atoms with E-state index in [0.29, 0.717) is 53.8 Å². The number of nitroso groups, excluding NO2 is 1. The molecule has 0 saturated heterocycles. The fraction of sp³-hybridized carbons (Fsp3) is 0.176. The van der Waals surface area contributed by atoms with Gasteiger partial charge in [-0.25, -0.2) is 18.7 Å². The van der Waals surface area contributed by atoms with Crippen molar-refractivity contribution in [3.8, 4) is 11.3 Å². The summed E-state index contributed by atoms with van der Waals surface area (Å²) in [6, 6.07) is 24.7. The number of benzene rings is 4. The minimum Gasteiger partial charge on any atom is -0.337 e. The molecular weight excluding hydrogens is 550 g/mol. The van der Waals surface area contributed by atoms with E-state index in [0.717, 1.165) is 22.3 Å². The summed E-state index contributed by atoms with van der Waals surface area (Å²) in [6.45, 7) is 0.318. The van der Waals surface area contributed by atoms with Crippen LogP contribution in [0.25, 0.3) is 22.3 Å². The van der Waals surface area contributed by atoms with E-state index in [4.69, 9.17) is 9.97 Å². The molecule has 43 heavy (non-hydrogen) atoms. The standard InChI is InChI=1S/C34H28F2N4O3/c1-40(21-23-8-13-27(35)14-9-23)34(42)26-12-17-29-31(20-26)37-30(33(38-29)25-10-15-28(36)16-11-25)7-3-5-22-4-2-6-24(18-22)19-32(41)39-43/h2,4,6,8-18,20H,3,5,7,19,21H2,1H3. The number of aromatic nitrogens is 2. The molecule has 0 bridgehead atoms. The number of carbonyl (C=O) groups is 2. The van der Waals surface area contributed by atoms with Crippen LogP contribution in [0.15, 0.2) is 96.2 Å². The predicted molar refractivity (Wildman–Crippen MR) is 160 cm³/mol. The summed E-state index contributed by atoms with van der Waals surface area (Å²) in [5.41, 5.74) is 6.21. The lowest BCUT2D eigenvalue weighted by Gasteiger charge is -2.18. The molecule has 0 aliphatic rings. The van der Waals surface area contributed by atoms with Gasteiger partial charge in [0.1, 0.15) is 11.6 Å². The summed E-state index contributed by atoms with van der Waals surface area (Å²) in [7, 11) is 1.69. The number of hydrogen-bond donors (Lipinski definition) is 0. The maximum atomic E-state index is 13.7. The van der Waals surface area contributed by atoms with E-state index >= 15 is 0 Å². The van der Waals surface area contributed by atoms with Crippen molar-refractivity contribution in [2.45, 2.75) is 32.2 Å². The largest absolute Gasteiger partial charge is 0.337 e. The van der Waals surface area contributed by atoms with Crippen LogP contribution in [0, 0.1) is 16.5 Å². The third-order valence-corrected chi connectivity index (χ3v) is 7.11. The molecule has 0 fully saturated rings. The monoisotopic (exact) mass is 578 g/mol. The van der Waals surface area contributed by atoms with E-state index in [9.17, 15) is 23.3 Å². The van der Waals surface area contributed by atoms with Crippen molar-refractivity contribution < 1.29 is 18.4 Å². The molecule has 9 heteroatoms. The highest BCUT2D eigenvalue weighted by molar-refractivity contribution is 5.97. The van der Waals surface area contributed by atoms with Crippen LogP contribution < -0.4 is 0 Å². The van der Waals surface area contributed by atoms with E-state index < -0.39 is 5.91 Å². The molecule has 1 aromatic heterocycles. The lowest BCUT2D eigenvalue weighted by molar-refractivity contribution is -0.117. The molecule has 7 nitrogen and oxygen atoms in total. The van der Waals surface area contributed by atoms with Gasteiger partial charge in [-0.3, -0.25) is 9.59 Å². The minimum absolute atomic E-state index is 0.0393. The molecule has 2 amide bonds. The third-order valence-electron chi connectivity index (χ3n) is 7.11. The van der Waals surface area contributed by atoms with E-state index in [-0.39, 0.29) is 24.0 Å². The number of halogens is 2. The Morgan fingerprint density at radius 3 is 2.19 bits per heavy atom. The van der Waals surface area contributed by atoms with Gasteiger partial charge in [-0.05, 0) is 90.6 Å². The van der Waals surface area contributed by atoms with Crippen molar-refractivity contribution in [1.82, 2.24) is 14.9 Å². The maximum Gasteiger partial charge on any atom is 0.290 e. The number of hydrogen-bond acceptors (Lipinski definition) is 5. The van der Waals surface area contributed by atoms with Crippen molar-refractivity contribution in [3.05, 3.63) is 135 Å². The van der Waals surface area contributed by atoms with Crippen LogP contribution in [-0.2, 0) is 30.6 Å². The van der Waals surface area contributed by atoms with Gasteiger partial charge in [0.15, 0.2) is 0 Å². The third kappa shape index (κ3) is 7.37. The Kier molecular flexibility index (Phi) is 9.00. The zero-order chi connectivity index (χ0) is 30.3. The van der Waals surface area contributed by atoms with E-state index in [1.165, 1.54) is 24.3 Å². The maximum absolute atomic E-state index is 13.7. The van der Waals surface area contributed by atoms with Gasteiger partial charge in [0.25, 0.3) is 11.8 Å². The Morgan fingerprint density at radius 2 is 1.47 bits per heavy atom. The van der Waals surface area contributed by atoms with Crippen molar-refractivity contribution in [1.29, 1.82) is 0 Å². The highest BCUT2D eigenvalue weighted by Crippen LogP contribution is 2.26. The Balaban J connectivity index is 1.40. The Bertz CT molecular complexity index is 1790. The second-order valence-corrected chi connectivity index (χ2v) is 10.4.